The van der Waals surface area contributed by atoms with E-state index in [1.807, 2.05) is 0 Å². The van der Waals surface area contributed by atoms with Crippen LogP contribution in [0.3, 0.4) is 0 Å². The third-order valence-electron chi connectivity index (χ3n) is 1.83. The number of hydrogen-bond donors (Lipinski definition) is 2. The first-order chi connectivity index (χ1) is 7.55. The van der Waals surface area contributed by atoms with Crippen molar-refractivity contribution in [1.29, 1.82) is 0 Å². The van der Waals surface area contributed by atoms with Crippen LogP contribution in [0.25, 0.3) is 0 Å². The fourth-order valence-corrected chi connectivity index (χ4v) is 2.69. The maximum absolute atomic E-state index is 11.6. The van der Waals surface area contributed by atoms with E-state index in [1.54, 1.807) is 12.1 Å². The Bertz CT molecular complexity index is 436. The predicted octanol–water partition coefficient (Wildman–Crippen LogP) is 1.36. The number of pyridine rings is 1. The number of anilines is 1. The summed E-state index contributed by atoms with van der Waals surface area (Å²) < 4.78 is 26.1. The van der Waals surface area contributed by atoms with E-state index in [-0.39, 0.29) is 18.2 Å². The number of nitrogens with one attached hydrogen (secondary N) is 1. The summed E-state index contributed by atoms with van der Waals surface area (Å²) in [5.41, 5.74) is 0. The number of aromatic nitrogens is 1. The maximum atomic E-state index is 11.6. The molecule has 1 aromatic rings. The average Bonchev–Trinajstić information content (AvgIpc) is 2.21. The SMILES string of the molecule is O=S(=O)(CCCCO)Nc1ncccc1Br. The van der Waals surface area contributed by atoms with Crippen molar-refractivity contribution in [2.75, 3.05) is 17.1 Å². The molecule has 0 aliphatic carbocycles. The Kier molecular flexibility index (Phi) is 5.17. The second-order valence-corrected chi connectivity index (χ2v) is 5.88. The second kappa shape index (κ2) is 6.17. The zero-order valence-electron chi connectivity index (χ0n) is 8.56. The third-order valence-corrected chi connectivity index (χ3v) is 3.80. The van der Waals surface area contributed by atoms with E-state index < -0.39 is 10.0 Å². The van der Waals surface area contributed by atoms with Gasteiger partial charge in [0.25, 0.3) is 0 Å². The summed E-state index contributed by atoms with van der Waals surface area (Å²) in [5.74, 6) is 0.267. The van der Waals surface area contributed by atoms with Crippen LogP contribution in [0.1, 0.15) is 12.8 Å². The Morgan fingerprint density at radius 2 is 2.19 bits per heavy atom. The Hall–Kier alpha value is -0.660. The molecule has 2 N–H and O–H groups in total. The summed E-state index contributed by atoms with van der Waals surface area (Å²) in [6, 6.07) is 3.41. The summed E-state index contributed by atoms with van der Waals surface area (Å²) >= 11 is 3.20. The van der Waals surface area contributed by atoms with Gasteiger partial charge in [-0.05, 0) is 40.9 Å². The minimum atomic E-state index is -3.38. The van der Waals surface area contributed by atoms with Crippen LogP contribution in [0.4, 0.5) is 5.82 Å². The van der Waals surface area contributed by atoms with Crippen LogP contribution in [0.2, 0.25) is 0 Å². The molecule has 0 spiro atoms. The van der Waals surface area contributed by atoms with Crippen LogP contribution in [0, 0.1) is 0 Å². The predicted molar refractivity (Wildman–Crippen MR) is 65.7 cm³/mol. The summed E-state index contributed by atoms with van der Waals surface area (Å²) in [4.78, 5) is 3.91. The Labute approximate surface area is 103 Å². The number of halogens is 1. The van der Waals surface area contributed by atoms with Gasteiger partial charge < -0.3 is 5.11 Å². The lowest BCUT2D eigenvalue weighted by Gasteiger charge is -2.07. The largest absolute Gasteiger partial charge is 0.396 e. The minimum Gasteiger partial charge on any atom is -0.396 e. The van der Waals surface area contributed by atoms with E-state index in [1.165, 1.54) is 6.20 Å². The van der Waals surface area contributed by atoms with Gasteiger partial charge in [0, 0.05) is 12.8 Å². The lowest BCUT2D eigenvalue weighted by molar-refractivity contribution is 0.287. The Balaban J connectivity index is 2.63. The maximum Gasteiger partial charge on any atom is 0.233 e. The van der Waals surface area contributed by atoms with Crippen molar-refractivity contribution < 1.29 is 13.5 Å². The highest BCUT2D eigenvalue weighted by Crippen LogP contribution is 2.19. The van der Waals surface area contributed by atoms with E-state index in [2.05, 4.69) is 25.6 Å². The normalized spacial score (nSPS) is 11.4. The second-order valence-electron chi connectivity index (χ2n) is 3.19. The van der Waals surface area contributed by atoms with Crippen LogP contribution in [0.5, 0.6) is 0 Å². The van der Waals surface area contributed by atoms with Crippen molar-refractivity contribution in [3.8, 4) is 0 Å². The standard InChI is InChI=1S/C9H13BrN2O3S/c10-8-4-3-5-11-9(8)12-16(14,15)7-2-1-6-13/h3-5,13H,1-2,6-7H2,(H,11,12). The zero-order valence-corrected chi connectivity index (χ0v) is 11.0. The summed E-state index contributed by atoms with van der Waals surface area (Å²) in [6.07, 6.45) is 2.41. The molecular weight excluding hydrogens is 296 g/mol. The lowest BCUT2D eigenvalue weighted by Crippen LogP contribution is -2.18. The Morgan fingerprint density at radius 3 is 2.81 bits per heavy atom. The van der Waals surface area contributed by atoms with Crippen molar-refractivity contribution in [3.63, 3.8) is 0 Å². The quantitative estimate of drug-likeness (QED) is 0.778. The van der Waals surface area contributed by atoms with Crippen LogP contribution in [0.15, 0.2) is 22.8 Å². The first kappa shape index (κ1) is 13.4. The molecule has 0 radical (unpaired) electrons. The lowest BCUT2D eigenvalue weighted by atomic mass is 10.4. The minimum absolute atomic E-state index is 0.00278. The summed E-state index contributed by atoms with van der Waals surface area (Å²) in [7, 11) is -3.38. The molecule has 90 valence electrons. The van der Waals surface area contributed by atoms with E-state index >= 15 is 0 Å². The van der Waals surface area contributed by atoms with E-state index in [4.69, 9.17) is 5.11 Å². The summed E-state index contributed by atoms with van der Waals surface area (Å²) in [5, 5.41) is 8.56. The third kappa shape index (κ3) is 4.46. The highest BCUT2D eigenvalue weighted by molar-refractivity contribution is 9.10. The van der Waals surface area contributed by atoms with Gasteiger partial charge in [0.1, 0.15) is 0 Å². The first-order valence-electron chi connectivity index (χ1n) is 4.77. The molecule has 1 aromatic heterocycles. The van der Waals surface area contributed by atoms with Crippen LogP contribution in [-0.2, 0) is 10.0 Å². The van der Waals surface area contributed by atoms with Crippen molar-refractivity contribution in [3.05, 3.63) is 22.8 Å². The molecule has 0 amide bonds. The van der Waals surface area contributed by atoms with Crippen molar-refractivity contribution in [1.82, 2.24) is 4.98 Å². The molecule has 5 nitrogen and oxygen atoms in total. The molecule has 0 saturated carbocycles. The van der Waals surface area contributed by atoms with Gasteiger partial charge in [-0.15, -0.1) is 0 Å². The van der Waals surface area contributed by atoms with Crippen molar-refractivity contribution in [2.24, 2.45) is 0 Å². The van der Waals surface area contributed by atoms with E-state index in [0.717, 1.165) is 0 Å². The molecule has 1 heterocycles. The number of unbranched alkanes of at least 4 members (excludes halogenated alkanes) is 1. The molecule has 0 saturated heterocycles. The van der Waals surface area contributed by atoms with Gasteiger partial charge in [0.15, 0.2) is 5.82 Å². The molecule has 0 aromatic carbocycles. The molecule has 0 unspecified atom stereocenters. The number of aliphatic hydroxyl groups excluding tert-OH is 1. The molecule has 7 heteroatoms. The molecule has 0 bridgehead atoms. The smallest absolute Gasteiger partial charge is 0.233 e. The zero-order chi connectivity index (χ0) is 12.0. The van der Waals surface area contributed by atoms with Crippen LogP contribution in [-0.4, -0.2) is 30.9 Å². The number of nitrogens with zero attached hydrogens (tertiary/aromatic N) is 1. The number of hydrogen-bond acceptors (Lipinski definition) is 4. The highest BCUT2D eigenvalue weighted by atomic mass is 79.9. The van der Waals surface area contributed by atoms with Crippen molar-refractivity contribution in [2.45, 2.75) is 12.8 Å². The monoisotopic (exact) mass is 308 g/mol. The highest BCUT2D eigenvalue weighted by Gasteiger charge is 2.12. The first-order valence-corrected chi connectivity index (χ1v) is 7.21. The molecular formula is C9H13BrN2O3S. The molecule has 0 atom stereocenters. The van der Waals surface area contributed by atoms with Gasteiger partial charge >= 0.3 is 0 Å². The Morgan fingerprint density at radius 1 is 1.44 bits per heavy atom. The van der Waals surface area contributed by atoms with Gasteiger partial charge in [0.2, 0.25) is 10.0 Å². The van der Waals surface area contributed by atoms with Gasteiger partial charge in [-0.3, -0.25) is 4.72 Å². The number of rotatable bonds is 6. The molecule has 0 fully saturated rings. The van der Waals surface area contributed by atoms with Gasteiger partial charge in [-0.1, -0.05) is 0 Å². The van der Waals surface area contributed by atoms with Crippen LogP contribution < -0.4 is 4.72 Å². The number of aliphatic hydroxyl groups is 1. The van der Waals surface area contributed by atoms with Gasteiger partial charge in [0.05, 0.1) is 10.2 Å². The van der Waals surface area contributed by atoms with Gasteiger partial charge in [-0.2, -0.15) is 0 Å². The topological polar surface area (TPSA) is 79.3 Å². The fraction of sp³-hybridized carbons (Fsp3) is 0.444. The van der Waals surface area contributed by atoms with Crippen LogP contribution >= 0.6 is 15.9 Å². The molecule has 1 rings (SSSR count). The summed E-state index contributed by atoms with van der Waals surface area (Å²) in [6.45, 7) is 0.00278. The molecule has 0 aliphatic heterocycles. The molecule has 16 heavy (non-hydrogen) atoms. The van der Waals surface area contributed by atoms with E-state index in [0.29, 0.717) is 17.3 Å². The molecule has 0 aliphatic rings. The average molecular weight is 309 g/mol. The van der Waals surface area contributed by atoms with Gasteiger partial charge in [-0.25, -0.2) is 13.4 Å². The van der Waals surface area contributed by atoms with E-state index in [9.17, 15) is 8.42 Å². The number of sulfonamides is 1. The van der Waals surface area contributed by atoms with Crippen molar-refractivity contribution >= 4 is 31.8 Å². The fourth-order valence-electron chi connectivity index (χ4n) is 1.06.